The maximum atomic E-state index is 12.2. The van der Waals surface area contributed by atoms with Crippen molar-refractivity contribution in [1.82, 2.24) is 19.5 Å². The molecule has 3 atom stereocenters. The molecule has 3 heterocycles. The van der Waals surface area contributed by atoms with Gasteiger partial charge in [-0.2, -0.15) is 4.98 Å². The summed E-state index contributed by atoms with van der Waals surface area (Å²) in [6.45, 7) is 3.49. The number of aliphatic hydroxyl groups is 1. The van der Waals surface area contributed by atoms with Gasteiger partial charge in [-0.05, 0) is 0 Å². The number of carbonyl (C=O) groups is 1. The van der Waals surface area contributed by atoms with E-state index in [1.54, 1.807) is 13.8 Å². The molecule has 0 unspecified atom stereocenters. The van der Waals surface area contributed by atoms with Crippen LogP contribution in [0.4, 0.5) is 5.95 Å². The highest BCUT2D eigenvalue weighted by molar-refractivity contribution is 5.91. The molecule has 1 amide bonds. The van der Waals surface area contributed by atoms with Crippen LogP contribution in [0.2, 0.25) is 0 Å². The van der Waals surface area contributed by atoms with Gasteiger partial charge < -0.3 is 14.7 Å². The van der Waals surface area contributed by atoms with Crippen molar-refractivity contribution < 1.29 is 19.5 Å². The number of nitrogens with two attached hydrogens (primary N) is 1. The molecule has 3 rings (SSSR count). The first-order valence-electron chi connectivity index (χ1n) is 7.83. The van der Waals surface area contributed by atoms with Crippen molar-refractivity contribution in [2.45, 2.75) is 38.7 Å². The second-order valence-corrected chi connectivity index (χ2v) is 6.15. The number of aromatic nitrogens is 4. The average Bonchev–Trinajstić information content (AvgIpc) is 3.12. The Kier molecular flexibility index (Phi) is 4.81. The summed E-state index contributed by atoms with van der Waals surface area (Å²) in [6, 6.07) is 0. The van der Waals surface area contributed by atoms with Crippen LogP contribution in [0.15, 0.2) is 11.1 Å². The van der Waals surface area contributed by atoms with Crippen LogP contribution in [0.5, 0.6) is 0 Å². The second-order valence-electron chi connectivity index (χ2n) is 6.15. The van der Waals surface area contributed by atoms with E-state index in [1.165, 1.54) is 10.9 Å². The average molecular weight is 352 g/mol. The minimum absolute atomic E-state index is 0.0262. The van der Waals surface area contributed by atoms with Crippen molar-refractivity contribution in [3.05, 3.63) is 16.7 Å². The molecule has 0 bridgehead atoms. The lowest BCUT2D eigenvalue weighted by molar-refractivity contribution is -0.118. The molecule has 136 valence electrons. The number of aliphatic hydroxyl groups excluding tert-OH is 1. The number of aromatic amines is 1. The van der Waals surface area contributed by atoms with Gasteiger partial charge in [0.2, 0.25) is 11.9 Å². The van der Waals surface area contributed by atoms with Gasteiger partial charge in [0.05, 0.1) is 19.0 Å². The predicted octanol–water partition coefficient (Wildman–Crippen LogP) is -0.747. The quantitative estimate of drug-likeness (QED) is 0.512. The van der Waals surface area contributed by atoms with Gasteiger partial charge >= 0.3 is 0 Å². The molecule has 1 saturated heterocycles. The maximum Gasteiger partial charge on any atom is 0.280 e. The standard InChI is InChI=1S/C14H20N6O5/c1-6(2)12(22)18-14-17-11-10(13(23)19-14)16-5-20(11)9-3-7(21)8(25-9)4-24-15/h5-9,21H,3-4,15H2,1-2H3,(H2,17,18,19,22,23)/t7-,8+,9+/m0/s1. The fraction of sp³-hybridized carbons (Fsp3) is 0.571. The maximum absolute atomic E-state index is 12.2. The fourth-order valence-electron chi connectivity index (χ4n) is 2.59. The zero-order chi connectivity index (χ0) is 18.1. The molecule has 1 aliphatic heterocycles. The number of H-pyrrole nitrogens is 1. The molecule has 0 aromatic carbocycles. The summed E-state index contributed by atoms with van der Waals surface area (Å²) < 4.78 is 7.23. The van der Waals surface area contributed by atoms with E-state index in [0.717, 1.165) is 0 Å². The van der Waals surface area contributed by atoms with Crippen LogP contribution >= 0.6 is 0 Å². The summed E-state index contributed by atoms with van der Waals surface area (Å²) in [7, 11) is 0. The summed E-state index contributed by atoms with van der Waals surface area (Å²) in [5.41, 5.74) is -0.128. The number of hydrogen-bond acceptors (Lipinski definition) is 8. The Labute approximate surface area is 142 Å². The molecule has 0 aliphatic carbocycles. The largest absolute Gasteiger partial charge is 0.390 e. The normalized spacial score (nSPS) is 23.5. The van der Waals surface area contributed by atoms with Gasteiger partial charge in [0, 0.05) is 12.3 Å². The predicted molar refractivity (Wildman–Crippen MR) is 86.3 cm³/mol. The molecule has 11 heteroatoms. The monoisotopic (exact) mass is 352 g/mol. The number of imidazole rings is 1. The van der Waals surface area contributed by atoms with Gasteiger partial charge in [-0.25, -0.2) is 10.9 Å². The Morgan fingerprint density at radius 3 is 3.08 bits per heavy atom. The first kappa shape index (κ1) is 17.5. The summed E-state index contributed by atoms with van der Waals surface area (Å²) in [5, 5.41) is 12.6. The highest BCUT2D eigenvalue weighted by Crippen LogP contribution is 2.30. The van der Waals surface area contributed by atoms with E-state index in [4.69, 9.17) is 10.6 Å². The highest BCUT2D eigenvalue weighted by Gasteiger charge is 2.36. The van der Waals surface area contributed by atoms with E-state index < -0.39 is 24.0 Å². The highest BCUT2D eigenvalue weighted by atomic mass is 16.6. The first-order valence-corrected chi connectivity index (χ1v) is 7.83. The van der Waals surface area contributed by atoms with E-state index in [2.05, 4.69) is 25.1 Å². The number of anilines is 1. The van der Waals surface area contributed by atoms with Gasteiger partial charge in [0.25, 0.3) is 5.56 Å². The van der Waals surface area contributed by atoms with Crippen molar-refractivity contribution >= 4 is 23.0 Å². The lowest BCUT2D eigenvalue weighted by atomic mass is 10.2. The molecule has 0 spiro atoms. The van der Waals surface area contributed by atoms with Crippen molar-refractivity contribution in [2.75, 3.05) is 11.9 Å². The lowest BCUT2D eigenvalue weighted by Crippen LogP contribution is -2.27. The summed E-state index contributed by atoms with van der Waals surface area (Å²) in [5.74, 6) is 4.51. The van der Waals surface area contributed by atoms with Crippen LogP contribution in [0.3, 0.4) is 0 Å². The van der Waals surface area contributed by atoms with Crippen molar-refractivity contribution in [2.24, 2.45) is 11.8 Å². The van der Waals surface area contributed by atoms with E-state index in [9.17, 15) is 14.7 Å². The van der Waals surface area contributed by atoms with E-state index in [1.807, 2.05) is 0 Å². The molecule has 2 aromatic heterocycles. The van der Waals surface area contributed by atoms with Gasteiger partial charge in [0.15, 0.2) is 11.2 Å². The van der Waals surface area contributed by atoms with E-state index in [0.29, 0.717) is 0 Å². The van der Waals surface area contributed by atoms with E-state index in [-0.39, 0.29) is 42.0 Å². The Bertz CT molecular complexity index is 831. The Balaban J connectivity index is 1.93. The van der Waals surface area contributed by atoms with Crippen LogP contribution in [0.1, 0.15) is 26.5 Å². The Morgan fingerprint density at radius 1 is 1.64 bits per heavy atom. The third-order valence-corrected chi connectivity index (χ3v) is 3.97. The van der Waals surface area contributed by atoms with Crippen molar-refractivity contribution in [3.8, 4) is 0 Å². The summed E-state index contributed by atoms with van der Waals surface area (Å²) in [4.78, 5) is 39.3. The van der Waals surface area contributed by atoms with Gasteiger partial charge in [-0.1, -0.05) is 13.8 Å². The number of rotatable bonds is 5. The molecule has 11 nitrogen and oxygen atoms in total. The molecular weight excluding hydrogens is 332 g/mol. The minimum Gasteiger partial charge on any atom is -0.390 e. The van der Waals surface area contributed by atoms with Gasteiger partial charge in [-0.3, -0.25) is 24.5 Å². The van der Waals surface area contributed by atoms with Crippen LogP contribution in [-0.2, 0) is 14.4 Å². The third kappa shape index (κ3) is 3.39. The number of amides is 1. The second kappa shape index (κ2) is 6.88. The van der Waals surface area contributed by atoms with Crippen molar-refractivity contribution in [1.29, 1.82) is 0 Å². The van der Waals surface area contributed by atoms with Crippen LogP contribution in [-0.4, -0.2) is 49.3 Å². The lowest BCUT2D eigenvalue weighted by Gasteiger charge is -2.14. The minimum atomic E-state index is -0.770. The molecule has 2 aromatic rings. The van der Waals surface area contributed by atoms with Crippen LogP contribution in [0, 0.1) is 5.92 Å². The van der Waals surface area contributed by atoms with Crippen LogP contribution in [0.25, 0.3) is 11.2 Å². The topological polar surface area (TPSA) is 157 Å². The molecular formula is C14H20N6O5. The number of nitrogens with one attached hydrogen (secondary N) is 2. The smallest absolute Gasteiger partial charge is 0.280 e. The zero-order valence-electron chi connectivity index (χ0n) is 13.8. The SMILES string of the molecule is CC(C)C(=O)Nc1nc2c(ncn2[C@H]2C[C@H](O)[C@@H](CON)O2)c(=O)[nH]1. The molecule has 25 heavy (non-hydrogen) atoms. The van der Waals surface area contributed by atoms with Gasteiger partial charge in [-0.15, -0.1) is 0 Å². The Hall–Kier alpha value is -2.34. The van der Waals surface area contributed by atoms with Gasteiger partial charge in [0.1, 0.15) is 12.3 Å². The fourth-order valence-corrected chi connectivity index (χ4v) is 2.59. The van der Waals surface area contributed by atoms with Crippen LogP contribution < -0.4 is 16.8 Å². The van der Waals surface area contributed by atoms with Crippen molar-refractivity contribution in [3.63, 3.8) is 0 Å². The summed E-state index contributed by atoms with van der Waals surface area (Å²) >= 11 is 0. The number of nitrogens with zero attached hydrogens (tertiary/aromatic N) is 3. The zero-order valence-corrected chi connectivity index (χ0v) is 13.8. The first-order chi connectivity index (χ1) is 11.9. The number of hydrogen-bond donors (Lipinski definition) is 4. The molecule has 0 radical (unpaired) electrons. The summed E-state index contributed by atoms with van der Waals surface area (Å²) in [6.07, 6.45) is -0.267. The van der Waals surface area contributed by atoms with E-state index >= 15 is 0 Å². The number of ether oxygens (including phenoxy) is 1. The number of fused-ring (bicyclic) bond motifs is 1. The molecule has 0 saturated carbocycles. The Morgan fingerprint density at radius 2 is 2.40 bits per heavy atom. The number of carbonyl (C=O) groups excluding carboxylic acids is 1. The third-order valence-electron chi connectivity index (χ3n) is 3.97. The molecule has 1 fully saturated rings. The molecule has 1 aliphatic rings. The molecule has 5 N–H and O–H groups in total.